The molecule has 1 aliphatic rings. The lowest BCUT2D eigenvalue weighted by Gasteiger charge is -2.09. The molecule has 0 aromatic carbocycles. The van der Waals surface area contributed by atoms with Crippen LogP contribution in [0.25, 0.3) is 0 Å². The highest BCUT2D eigenvalue weighted by Gasteiger charge is 2.24. The number of nitrogens with one attached hydrogen (secondary N) is 2. The monoisotopic (exact) mass is 188 g/mol. The maximum absolute atomic E-state index is 11.1. The van der Waals surface area contributed by atoms with Crippen molar-refractivity contribution in [2.45, 2.75) is 12.2 Å². The van der Waals surface area contributed by atoms with Crippen LogP contribution in [-0.2, 0) is 22.0 Å². The smallest absolute Gasteiger partial charge is 0.267 e. The molecule has 66 valence electrons. The molecule has 5 nitrogen and oxygen atoms in total. The molecule has 1 aliphatic heterocycles. The summed E-state index contributed by atoms with van der Waals surface area (Å²) in [6.07, 6.45) is 0.330. The highest BCUT2D eigenvalue weighted by molar-refractivity contribution is 7.90. The fraction of sp³-hybridized carbons (Fsp3) is 0.500. The first kappa shape index (κ1) is 7.60. The maximum atomic E-state index is 11.1. The highest BCUT2D eigenvalue weighted by Crippen LogP contribution is 2.14. The van der Waals surface area contributed by atoms with Crippen molar-refractivity contribution in [3.63, 3.8) is 0 Å². The molecular formula is C6H8N2O3S. The van der Waals surface area contributed by atoms with Crippen molar-refractivity contribution in [3.05, 3.63) is 21.6 Å². The lowest BCUT2D eigenvalue weighted by Crippen LogP contribution is -2.21. The third-order valence-corrected chi connectivity index (χ3v) is 3.55. The Kier molecular flexibility index (Phi) is 1.41. The summed E-state index contributed by atoms with van der Waals surface area (Å²) in [6.45, 7) is 0. The van der Waals surface area contributed by atoms with Gasteiger partial charge in [-0.3, -0.25) is 9.89 Å². The normalized spacial score (nSPS) is 20.3. The zero-order valence-corrected chi connectivity index (χ0v) is 7.07. The summed E-state index contributed by atoms with van der Waals surface area (Å²) >= 11 is 0. The second kappa shape index (κ2) is 2.22. The van der Waals surface area contributed by atoms with Gasteiger partial charge in [0.25, 0.3) is 5.56 Å². The Balaban J connectivity index is 2.57. The number of rotatable bonds is 0. The maximum Gasteiger partial charge on any atom is 0.267 e. The molecule has 0 aliphatic carbocycles. The SMILES string of the molecule is O=c1[nH][nH]c2c1CCS(=O)(=O)C2. The van der Waals surface area contributed by atoms with E-state index < -0.39 is 9.84 Å². The van der Waals surface area contributed by atoms with Crippen molar-refractivity contribution in [2.24, 2.45) is 0 Å². The van der Waals surface area contributed by atoms with Crippen molar-refractivity contribution in [2.75, 3.05) is 5.75 Å². The van der Waals surface area contributed by atoms with Gasteiger partial charge in [-0.1, -0.05) is 0 Å². The molecule has 0 saturated heterocycles. The summed E-state index contributed by atoms with van der Waals surface area (Å²) in [5.41, 5.74) is 0.913. The number of aromatic amines is 2. The molecule has 0 amide bonds. The third-order valence-electron chi connectivity index (χ3n) is 1.99. The van der Waals surface area contributed by atoms with Crippen LogP contribution in [0.4, 0.5) is 0 Å². The van der Waals surface area contributed by atoms with E-state index in [2.05, 4.69) is 10.2 Å². The van der Waals surface area contributed by atoms with Crippen LogP contribution >= 0.6 is 0 Å². The number of sulfone groups is 1. The van der Waals surface area contributed by atoms with Crippen LogP contribution < -0.4 is 5.56 Å². The minimum Gasteiger partial charge on any atom is -0.301 e. The van der Waals surface area contributed by atoms with Gasteiger partial charge in [-0.15, -0.1) is 0 Å². The number of hydrogen-bond acceptors (Lipinski definition) is 3. The van der Waals surface area contributed by atoms with Crippen LogP contribution in [-0.4, -0.2) is 24.4 Å². The molecule has 0 unspecified atom stereocenters. The van der Waals surface area contributed by atoms with E-state index in [1.807, 2.05) is 0 Å². The van der Waals surface area contributed by atoms with Gasteiger partial charge in [-0.2, -0.15) is 0 Å². The van der Waals surface area contributed by atoms with Gasteiger partial charge in [0.05, 0.1) is 17.2 Å². The van der Waals surface area contributed by atoms with E-state index in [0.717, 1.165) is 0 Å². The quantitative estimate of drug-likeness (QED) is 0.557. The Labute approximate surface area is 68.7 Å². The van der Waals surface area contributed by atoms with Crippen molar-refractivity contribution >= 4 is 9.84 Å². The topological polar surface area (TPSA) is 82.8 Å². The zero-order valence-electron chi connectivity index (χ0n) is 6.25. The summed E-state index contributed by atoms with van der Waals surface area (Å²) in [5, 5.41) is 4.94. The number of aromatic nitrogens is 2. The highest BCUT2D eigenvalue weighted by atomic mass is 32.2. The molecule has 0 atom stereocenters. The first-order valence-corrected chi connectivity index (χ1v) is 5.39. The molecule has 2 rings (SSSR count). The lowest BCUT2D eigenvalue weighted by molar-refractivity contribution is 0.591. The second-order valence-corrected chi connectivity index (χ2v) is 5.06. The van der Waals surface area contributed by atoms with Crippen molar-refractivity contribution in [3.8, 4) is 0 Å². The number of hydrogen-bond donors (Lipinski definition) is 2. The van der Waals surface area contributed by atoms with Crippen LogP contribution in [0.2, 0.25) is 0 Å². The molecule has 0 spiro atoms. The van der Waals surface area contributed by atoms with E-state index in [-0.39, 0.29) is 17.1 Å². The summed E-state index contributed by atoms with van der Waals surface area (Å²) in [6, 6.07) is 0. The van der Waals surface area contributed by atoms with Crippen LogP contribution in [0.1, 0.15) is 11.3 Å². The van der Waals surface area contributed by atoms with Gasteiger partial charge in [-0.05, 0) is 6.42 Å². The molecule has 0 bridgehead atoms. The average molecular weight is 188 g/mol. The average Bonchev–Trinajstić information content (AvgIpc) is 2.30. The Morgan fingerprint density at radius 1 is 1.25 bits per heavy atom. The molecule has 0 saturated carbocycles. The molecule has 2 heterocycles. The fourth-order valence-electron chi connectivity index (χ4n) is 1.36. The van der Waals surface area contributed by atoms with Gasteiger partial charge in [0.1, 0.15) is 0 Å². The molecule has 1 aromatic rings. The Morgan fingerprint density at radius 3 is 2.75 bits per heavy atom. The first-order chi connectivity index (χ1) is 5.58. The van der Waals surface area contributed by atoms with Gasteiger partial charge < -0.3 is 5.10 Å². The van der Waals surface area contributed by atoms with Crippen LogP contribution in [0, 0.1) is 0 Å². The lowest BCUT2D eigenvalue weighted by atomic mass is 10.2. The Morgan fingerprint density at radius 2 is 2.00 bits per heavy atom. The second-order valence-electron chi connectivity index (χ2n) is 2.88. The van der Waals surface area contributed by atoms with Gasteiger partial charge in [0.2, 0.25) is 0 Å². The van der Waals surface area contributed by atoms with E-state index >= 15 is 0 Å². The molecule has 2 N–H and O–H groups in total. The zero-order chi connectivity index (χ0) is 8.77. The standard InChI is InChI=1S/C6H8N2O3S/c9-6-4-1-2-12(10,11)3-5(4)7-8-6/h1-3H2,(H2,7,8,9). The van der Waals surface area contributed by atoms with Gasteiger partial charge in [0.15, 0.2) is 9.84 Å². The predicted octanol–water partition coefficient (Wildman–Crippen LogP) is -0.826. The van der Waals surface area contributed by atoms with Crippen molar-refractivity contribution < 1.29 is 8.42 Å². The Hall–Kier alpha value is -1.04. The fourth-order valence-corrected chi connectivity index (χ4v) is 2.70. The van der Waals surface area contributed by atoms with E-state index in [1.54, 1.807) is 0 Å². The predicted molar refractivity (Wildman–Crippen MR) is 42.6 cm³/mol. The van der Waals surface area contributed by atoms with Crippen molar-refractivity contribution in [1.82, 2.24) is 10.2 Å². The largest absolute Gasteiger partial charge is 0.301 e. The summed E-state index contributed by atoms with van der Waals surface area (Å²) in [5.74, 6) is 0.0437. The third kappa shape index (κ3) is 1.08. The van der Waals surface area contributed by atoms with Gasteiger partial charge in [-0.25, -0.2) is 8.42 Å². The summed E-state index contributed by atoms with van der Waals surface area (Å²) in [7, 11) is -2.97. The van der Waals surface area contributed by atoms with Gasteiger partial charge >= 0.3 is 0 Å². The number of fused-ring (bicyclic) bond motifs is 1. The molecular weight excluding hydrogens is 180 g/mol. The van der Waals surface area contributed by atoms with Crippen LogP contribution in [0.5, 0.6) is 0 Å². The Bertz CT molecular complexity index is 453. The van der Waals surface area contributed by atoms with Gasteiger partial charge in [0, 0.05) is 5.56 Å². The van der Waals surface area contributed by atoms with E-state index in [0.29, 0.717) is 17.7 Å². The first-order valence-electron chi connectivity index (χ1n) is 3.57. The molecule has 0 radical (unpaired) electrons. The molecule has 6 heteroatoms. The van der Waals surface area contributed by atoms with E-state index in [1.165, 1.54) is 0 Å². The molecule has 1 aromatic heterocycles. The minimum absolute atomic E-state index is 0.0406. The van der Waals surface area contributed by atoms with E-state index in [4.69, 9.17) is 0 Å². The van der Waals surface area contributed by atoms with Crippen LogP contribution in [0.3, 0.4) is 0 Å². The molecule has 12 heavy (non-hydrogen) atoms. The minimum atomic E-state index is -2.97. The van der Waals surface area contributed by atoms with Crippen LogP contribution in [0.15, 0.2) is 4.79 Å². The van der Waals surface area contributed by atoms with Crippen molar-refractivity contribution in [1.29, 1.82) is 0 Å². The number of H-pyrrole nitrogens is 2. The molecule has 0 fully saturated rings. The summed E-state index contributed by atoms with van der Waals surface area (Å²) < 4.78 is 22.2. The van der Waals surface area contributed by atoms with E-state index in [9.17, 15) is 13.2 Å². The summed E-state index contributed by atoms with van der Waals surface area (Å²) in [4.78, 5) is 11.0.